The molecular weight excluding hydrogens is 256 g/mol. The summed E-state index contributed by atoms with van der Waals surface area (Å²) in [5.74, 6) is 0.189. The molecule has 3 N–H and O–H groups in total. The summed E-state index contributed by atoms with van der Waals surface area (Å²) in [6.45, 7) is 1.04. The van der Waals surface area contributed by atoms with Gasteiger partial charge in [0.05, 0.1) is 0 Å². The summed E-state index contributed by atoms with van der Waals surface area (Å²) in [5.41, 5.74) is 1.56. The standard InChI is InChI=1S/C15H20N2O3/c18-9-1-8-16-14(19)12-4-2-11(3-5-12)10-17-15(20)13-6-7-13/h2-5,13,18H,1,6-10H2,(H,16,19)(H,17,20). The van der Waals surface area contributed by atoms with Crippen molar-refractivity contribution in [3.05, 3.63) is 35.4 Å². The molecule has 5 nitrogen and oxygen atoms in total. The van der Waals surface area contributed by atoms with Gasteiger partial charge in [-0.3, -0.25) is 9.59 Å². The van der Waals surface area contributed by atoms with Crippen molar-refractivity contribution in [2.75, 3.05) is 13.2 Å². The molecule has 2 rings (SSSR count). The molecule has 0 radical (unpaired) electrons. The van der Waals surface area contributed by atoms with E-state index in [1.165, 1.54) is 0 Å². The minimum absolute atomic E-state index is 0.0694. The number of carbonyl (C=O) groups is 2. The Hall–Kier alpha value is -1.88. The number of rotatable bonds is 7. The highest BCUT2D eigenvalue weighted by Gasteiger charge is 2.29. The monoisotopic (exact) mass is 276 g/mol. The lowest BCUT2D eigenvalue weighted by Gasteiger charge is -2.07. The van der Waals surface area contributed by atoms with E-state index in [1.807, 2.05) is 12.1 Å². The zero-order valence-electron chi connectivity index (χ0n) is 11.4. The SMILES string of the molecule is O=C(NCCCO)c1ccc(CNC(=O)C2CC2)cc1. The first-order valence-corrected chi connectivity index (χ1v) is 6.96. The number of nitrogens with one attached hydrogen (secondary N) is 2. The molecule has 108 valence electrons. The van der Waals surface area contributed by atoms with Gasteiger partial charge in [0.1, 0.15) is 0 Å². The maximum atomic E-state index is 11.7. The third-order valence-electron chi connectivity index (χ3n) is 3.25. The number of aliphatic hydroxyl groups is 1. The molecule has 0 heterocycles. The van der Waals surface area contributed by atoms with Crippen molar-refractivity contribution < 1.29 is 14.7 Å². The average molecular weight is 276 g/mol. The third-order valence-corrected chi connectivity index (χ3v) is 3.25. The Morgan fingerprint density at radius 1 is 1.15 bits per heavy atom. The summed E-state index contributed by atoms with van der Waals surface area (Å²) in [6.07, 6.45) is 2.55. The molecular formula is C15H20N2O3. The quantitative estimate of drug-likeness (QED) is 0.645. The molecule has 0 atom stereocenters. The Balaban J connectivity index is 1.79. The number of aliphatic hydroxyl groups excluding tert-OH is 1. The fraction of sp³-hybridized carbons (Fsp3) is 0.467. The predicted octanol–water partition coefficient (Wildman–Crippen LogP) is 0.825. The van der Waals surface area contributed by atoms with Crippen LogP contribution in [0.15, 0.2) is 24.3 Å². The largest absolute Gasteiger partial charge is 0.396 e. The van der Waals surface area contributed by atoms with Gasteiger partial charge >= 0.3 is 0 Å². The van der Waals surface area contributed by atoms with Crippen molar-refractivity contribution in [1.82, 2.24) is 10.6 Å². The first kappa shape index (κ1) is 14.5. The molecule has 1 aliphatic rings. The van der Waals surface area contributed by atoms with Crippen LogP contribution < -0.4 is 10.6 Å². The summed E-state index contributed by atoms with van der Waals surface area (Å²) >= 11 is 0. The summed E-state index contributed by atoms with van der Waals surface area (Å²) in [5, 5.41) is 14.3. The number of amides is 2. The molecule has 0 spiro atoms. The number of hydrogen-bond donors (Lipinski definition) is 3. The second-order valence-electron chi connectivity index (χ2n) is 5.02. The molecule has 1 aliphatic carbocycles. The zero-order valence-corrected chi connectivity index (χ0v) is 11.4. The van der Waals surface area contributed by atoms with E-state index in [9.17, 15) is 9.59 Å². The Morgan fingerprint density at radius 2 is 1.85 bits per heavy atom. The van der Waals surface area contributed by atoms with Crippen molar-refractivity contribution in [2.45, 2.75) is 25.8 Å². The second-order valence-corrected chi connectivity index (χ2v) is 5.02. The van der Waals surface area contributed by atoms with Crippen LogP contribution >= 0.6 is 0 Å². The Bertz CT molecular complexity index is 467. The average Bonchev–Trinajstić information content (AvgIpc) is 3.30. The van der Waals surface area contributed by atoms with E-state index < -0.39 is 0 Å². The maximum Gasteiger partial charge on any atom is 0.251 e. The summed E-state index contributed by atoms with van der Waals surface area (Å²) in [7, 11) is 0. The lowest BCUT2D eigenvalue weighted by atomic mass is 10.1. The minimum Gasteiger partial charge on any atom is -0.396 e. The van der Waals surface area contributed by atoms with Crippen LogP contribution in [0.25, 0.3) is 0 Å². The molecule has 0 unspecified atom stereocenters. The molecule has 1 aromatic rings. The second kappa shape index (κ2) is 7.05. The van der Waals surface area contributed by atoms with Gasteiger partial charge in [-0.05, 0) is 37.0 Å². The van der Waals surface area contributed by atoms with Crippen molar-refractivity contribution in [2.24, 2.45) is 5.92 Å². The molecule has 20 heavy (non-hydrogen) atoms. The molecule has 0 saturated heterocycles. The molecule has 1 fully saturated rings. The number of carbonyl (C=O) groups excluding carboxylic acids is 2. The van der Waals surface area contributed by atoms with E-state index in [2.05, 4.69) is 10.6 Å². The smallest absolute Gasteiger partial charge is 0.251 e. The van der Waals surface area contributed by atoms with Crippen LogP contribution in [0.3, 0.4) is 0 Å². The first-order chi connectivity index (χ1) is 9.70. The Kier molecular flexibility index (Phi) is 5.12. The highest BCUT2D eigenvalue weighted by Crippen LogP contribution is 2.28. The lowest BCUT2D eigenvalue weighted by molar-refractivity contribution is -0.122. The van der Waals surface area contributed by atoms with Crippen molar-refractivity contribution >= 4 is 11.8 Å². The van der Waals surface area contributed by atoms with E-state index in [0.29, 0.717) is 25.1 Å². The fourth-order valence-corrected chi connectivity index (χ4v) is 1.84. The normalized spacial score (nSPS) is 13.8. The molecule has 2 amide bonds. The minimum atomic E-state index is -0.146. The summed E-state index contributed by atoms with van der Waals surface area (Å²) < 4.78 is 0. The van der Waals surface area contributed by atoms with Gasteiger partial charge in [0.25, 0.3) is 5.91 Å². The van der Waals surface area contributed by atoms with Crippen molar-refractivity contribution in [1.29, 1.82) is 0 Å². The van der Waals surface area contributed by atoms with E-state index in [4.69, 9.17) is 5.11 Å². The van der Waals surface area contributed by atoms with Gasteiger partial charge in [0.2, 0.25) is 5.91 Å². The van der Waals surface area contributed by atoms with Crippen LogP contribution in [0.5, 0.6) is 0 Å². The Morgan fingerprint density at radius 3 is 2.45 bits per heavy atom. The molecule has 5 heteroatoms. The fourth-order valence-electron chi connectivity index (χ4n) is 1.84. The van der Waals surface area contributed by atoms with Crippen LogP contribution in [0.2, 0.25) is 0 Å². The first-order valence-electron chi connectivity index (χ1n) is 6.96. The van der Waals surface area contributed by atoms with E-state index in [1.54, 1.807) is 12.1 Å². The Labute approximate surface area is 118 Å². The van der Waals surface area contributed by atoms with Gasteiger partial charge in [-0.25, -0.2) is 0 Å². The van der Waals surface area contributed by atoms with Crippen LogP contribution in [-0.4, -0.2) is 30.1 Å². The molecule has 0 aromatic heterocycles. The third kappa shape index (κ3) is 4.35. The van der Waals surface area contributed by atoms with Gasteiger partial charge in [0, 0.05) is 31.2 Å². The molecule has 1 saturated carbocycles. The number of benzene rings is 1. The van der Waals surface area contributed by atoms with Crippen LogP contribution in [0.4, 0.5) is 0 Å². The highest BCUT2D eigenvalue weighted by molar-refractivity contribution is 5.94. The van der Waals surface area contributed by atoms with Crippen LogP contribution in [0, 0.1) is 5.92 Å². The molecule has 1 aromatic carbocycles. The molecule has 0 bridgehead atoms. The van der Waals surface area contributed by atoms with E-state index >= 15 is 0 Å². The van der Waals surface area contributed by atoms with E-state index in [0.717, 1.165) is 18.4 Å². The van der Waals surface area contributed by atoms with Crippen LogP contribution in [0.1, 0.15) is 35.2 Å². The summed E-state index contributed by atoms with van der Waals surface area (Å²) in [4.78, 5) is 23.2. The van der Waals surface area contributed by atoms with Crippen LogP contribution in [-0.2, 0) is 11.3 Å². The van der Waals surface area contributed by atoms with E-state index in [-0.39, 0.29) is 24.3 Å². The van der Waals surface area contributed by atoms with Gasteiger partial charge in [-0.15, -0.1) is 0 Å². The predicted molar refractivity (Wildman–Crippen MR) is 75.0 cm³/mol. The van der Waals surface area contributed by atoms with Gasteiger partial charge in [0.15, 0.2) is 0 Å². The summed E-state index contributed by atoms with van der Waals surface area (Å²) in [6, 6.07) is 7.17. The number of hydrogen-bond acceptors (Lipinski definition) is 3. The lowest BCUT2D eigenvalue weighted by Crippen LogP contribution is -2.25. The zero-order chi connectivity index (χ0) is 14.4. The topological polar surface area (TPSA) is 78.4 Å². The maximum absolute atomic E-state index is 11.7. The van der Waals surface area contributed by atoms with Gasteiger partial charge in [-0.1, -0.05) is 12.1 Å². The van der Waals surface area contributed by atoms with Crippen molar-refractivity contribution in [3.8, 4) is 0 Å². The van der Waals surface area contributed by atoms with Crippen molar-refractivity contribution in [3.63, 3.8) is 0 Å². The van der Waals surface area contributed by atoms with Gasteiger partial charge in [-0.2, -0.15) is 0 Å². The highest BCUT2D eigenvalue weighted by atomic mass is 16.3. The van der Waals surface area contributed by atoms with Gasteiger partial charge < -0.3 is 15.7 Å². The molecule has 0 aliphatic heterocycles.